The summed E-state index contributed by atoms with van der Waals surface area (Å²) < 4.78 is 0. The molecule has 20 heavy (non-hydrogen) atoms. The van der Waals surface area contributed by atoms with E-state index in [1.54, 1.807) is 6.92 Å². The minimum Gasteiger partial charge on any atom is -0.481 e. The molecule has 0 bridgehead atoms. The van der Waals surface area contributed by atoms with Gasteiger partial charge in [0.05, 0.1) is 11.3 Å². The first-order valence-corrected chi connectivity index (χ1v) is 6.19. The summed E-state index contributed by atoms with van der Waals surface area (Å²) in [6.45, 7) is 1.71. The maximum atomic E-state index is 12.0. The summed E-state index contributed by atoms with van der Waals surface area (Å²) in [4.78, 5) is 32.8. The third kappa shape index (κ3) is 4.20. The highest BCUT2D eigenvalue weighted by atomic mass is 35.5. The van der Waals surface area contributed by atoms with Gasteiger partial charge in [-0.15, -0.1) is 0 Å². The molecule has 1 aromatic rings. The van der Waals surface area contributed by atoms with Crippen molar-refractivity contribution in [3.63, 3.8) is 0 Å². The van der Waals surface area contributed by atoms with Crippen molar-refractivity contribution in [2.45, 2.75) is 25.8 Å². The van der Waals surface area contributed by atoms with Gasteiger partial charge in [-0.2, -0.15) is 0 Å². The lowest BCUT2D eigenvalue weighted by atomic mass is 10.1. The molecule has 0 saturated carbocycles. The zero-order valence-corrected chi connectivity index (χ0v) is 11.4. The van der Waals surface area contributed by atoms with Gasteiger partial charge in [-0.1, -0.05) is 18.5 Å². The van der Waals surface area contributed by atoms with E-state index in [9.17, 15) is 19.7 Å². The minimum absolute atomic E-state index is 0.144. The number of amides is 1. The fraction of sp³-hybridized carbons (Fsp3) is 0.333. The molecule has 8 heteroatoms. The Kier molecular flexibility index (Phi) is 5.45. The molecular weight excluding hydrogens is 288 g/mol. The van der Waals surface area contributed by atoms with Gasteiger partial charge in [0, 0.05) is 17.1 Å². The van der Waals surface area contributed by atoms with E-state index in [1.165, 1.54) is 12.1 Å². The first-order valence-electron chi connectivity index (χ1n) is 5.81. The van der Waals surface area contributed by atoms with Gasteiger partial charge in [0.25, 0.3) is 11.6 Å². The van der Waals surface area contributed by atoms with E-state index in [0.29, 0.717) is 6.42 Å². The van der Waals surface area contributed by atoms with E-state index in [2.05, 4.69) is 5.32 Å². The molecule has 7 nitrogen and oxygen atoms in total. The molecule has 0 spiro atoms. The van der Waals surface area contributed by atoms with E-state index in [4.69, 9.17) is 16.7 Å². The second-order valence-electron chi connectivity index (χ2n) is 4.10. The fourth-order valence-corrected chi connectivity index (χ4v) is 1.79. The number of carbonyl (C=O) groups is 2. The molecule has 0 fully saturated rings. The predicted molar refractivity (Wildman–Crippen MR) is 71.9 cm³/mol. The molecule has 2 N–H and O–H groups in total. The Labute approximate surface area is 119 Å². The van der Waals surface area contributed by atoms with Gasteiger partial charge >= 0.3 is 5.97 Å². The molecule has 0 aliphatic carbocycles. The number of nitro groups is 1. The van der Waals surface area contributed by atoms with E-state index >= 15 is 0 Å². The standard InChI is InChI=1S/C12H13ClN2O5/c1-2-8(6-11(16)17)14-12(18)9-4-3-7(13)5-10(9)15(19)20/h3-5,8H,2,6H2,1H3,(H,14,18)(H,16,17). The summed E-state index contributed by atoms with van der Waals surface area (Å²) in [6.07, 6.45) is 0.156. The fourth-order valence-electron chi connectivity index (χ4n) is 1.62. The second-order valence-corrected chi connectivity index (χ2v) is 4.53. The topological polar surface area (TPSA) is 110 Å². The first-order chi connectivity index (χ1) is 9.35. The van der Waals surface area contributed by atoms with Crippen LogP contribution in [0.1, 0.15) is 30.1 Å². The lowest BCUT2D eigenvalue weighted by Crippen LogP contribution is -2.36. The summed E-state index contributed by atoms with van der Waals surface area (Å²) in [5.74, 6) is -1.75. The third-order valence-electron chi connectivity index (χ3n) is 2.65. The van der Waals surface area contributed by atoms with Crippen LogP contribution in [0.2, 0.25) is 5.02 Å². The van der Waals surface area contributed by atoms with Crippen molar-refractivity contribution in [3.8, 4) is 0 Å². The summed E-state index contributed by atoms with van der Waals surface area (Å²) >= 11 is 5.65. The third-order valence-corrected chi connectivity index (χ3v) is 2.89. The first kappa shape index (κ1) is 15.9. The van der Waals surface area contributed by atoms with Crippen LogP contribution in [0.25, 0.3) is 0 Å². The number of nitro benzene ring substituents is 1. The van der Waals surface area contributed by atoms with Gasteiger partial charge in [-0.05, 0) is 18.6 Å². The highest BCUT2D eigenvalue weighted by Crippen LogP contribution is 2.23. The van der Waals surface area contributed by atoms with Crippen molar-refractivity contribution < 1.29 is 19.6 Å². The zero-order valence-electron chi connectivity index (χ0n) is 10.6. The highest BCUT2D eigenvalue weighted by molar-refractivity contribution is 6.31. The maximum absolute atomic E-state index is 12.0. The smallest absolute Gasteiger partial charge is 0.305 e. The number of carboxylic acid groups (broad SMARTS) is 1. The van der Waals surface area contributed by atoms with Gasteiger partial charge in [-0.25, -0.2) is 0 Å². The van der Waals surface area contributed by atoms with Gasteiger partial charge in [0.1, 0.15) is 5.56 Å². The average molecular weight is 301 g/mol. The minimum atomic E-state index is -1.05. The molecule has 0 aromatic heterocycles. The molecule has 0 aliphatic heterocycles. The molecule has 0 saturated heterocycles. The molecule has 1 amide bonds. The molecule has 1 unspecified atom stereocenters. The molecule has 1 aromatic carbocycles. The normalized spacial score (nSPS) is 11.7. The Hall–Kier alpha value is -2.15. The number of nitrogens with one attached hydrogen (secondary N) is 1. The van der Waals surface area contributed by atoms with Crippen LogP contribution in [0.15, 0.2) is 18.2 Å². The second kappa shape index (κ2) is 6.85. The average Bonchev–Trinajstić information content (AvgIpc) is 2.36. The number of hydrogen-bond acceptors (Lipinski definition) is 4. The molecule has 108 valence electrons. The zero-order chi connectivity index (χ0) is 15.3. The van der Waals surface area contributed by atoms with Crippen molar-refractivity contribution in [3.05, 3.63) is 38.9 Å². The van der Waals surface area contributed by atoms with Crippen LogP contribution in [-0.2, 0) is 4.79 Å². The van der Waals surface area contributed by atoms with Crippen LogP contribution >= 0.6 is 11.6 Å². The van der Waals surface area contributed by atoms with Crippen molar-refractivity contribution in [2.75, 3.05) is 0 Å². The Morgan fingerprint density at radius 1 is 1.50 bits per heavy atom. The Morgan fingerprint density at radius 2 is 2.15 bits per heavy atom. The van der Waals surface area contributed by atoms with E-state index in [-0.39, 0.29) is 17.0 Å². The Balaban J connectivity index is 2.97. The van der Waals surface area contributed by atoms with Crippen molar-refractivity contribution in [1.82, 2.24) is 5.32 Å². The van der Waals surface area contributed by atoms with Crippen molar-refractivity contribution >= 4 is 29.2 Å². The monoisotopic (exact) mass is 300 g/mol. The highest BCUT2D eigenvalue weighted by Gasteiger charge is 2.23. The van der Waals surface area contributed by atoms with Crippen LogP contribution < -0.4 is 5.32 Å². The number of hydrogen-bond donors (Lipinski definition) is 2. The summed E-state index contributed by atoms with van der Waals surface area (Å²) in [5, 5.41) is 22.2. The number of carbonyl (C=O) groups excluding carboxylic acids is 1. The van der Waals surface area contributed by atoms with Gasteiger partial charge < -0.3 is 10.4 Å². The molecule has 0 heterocycles. The van der Waals surface area contributed by atoms with E-state index in [1.807, 2.05) is 0 Å². The number of rotatable bonds is 6. The van der Waals surface area contributed by atoms with E-state index in [0.717, 1.165) is 6.07 Å². The lowest BCUT2D eigenvalue weighted by molar-refractivity contribution is -0.385. The van der Waals surface area contributed by atoms with Crippen LogP contribution in [0.3, 0.4) is 0 Å². The van der Waals surface area contributed by atoms with Crippen LogP contribution in [0.4, 0.5) is 5.69 Å². The van der Waals surface area contributed by atoms with Crippen LogP contribution in [-0.4, -0.2) is 27.9 Å². The predicted octanol–water partition coefficient (Wildman–Crippen LogP) is 2.23. The number of aliphatic carboxylic acids is 1. The van der Waals surface area contributed by atoms with Gasteiger partial charge in [0.15, 0.2) is 0 Å². The molecule has 0 aliphatic rings. The SMILES string of the molecule is CCC(CC(=O)O)NC(=O)c1ccc(Cl)cc1[N+](=O)[O-]. The van der Waals surface area contributed by atoms with Crippen LogP contribution in [0, 0.1) is 10.1 Å². The summed E-state index contributed by atoms with van der Waals surface area (Å²) in [7, 11) is 0. The summed E-state index contributed by atoms with van der Waals surface area (Å²) in [5.41, 5.74) is -0.566. The number of carboxylic acids is 1. The largest absolute Gasteiger partial charge is 0.481 e. The number of benzene rings is 1. The van der Waals surface area contributed by atoms with Gasteiger partial charge in [0.2, 0.25) is 0 Å². The van der Waals surface area contributed by atoms with Crippen molar-refractivity contribution in [2.24, 2.45) is 0 Å². The van der Waals surface area contributed by atoms with Crippen LogP contribution in [0.5, 0.6) is 0 Å². The lowest BCUT2D eigenvalue weighted by Gasteiger charge is -2.14. The maximum Gasteiger partial charge on any atom is 0.305 e. The quantitative estimate of drug-likeness (QED) is 0.618. The molecule has 1 atom stereocenters. The molecular formula is C12H13ClN2O5. The van der Waals surface area contributed by atoms with Gasteiger partial charge in [-0.3, -0.25) is 19.7 Å². The Morgan fingerprint density at radius 3 is 2.65 bits per heavy atom. The van der Waals surface area contributed by atoms with Crippen molar-refractivity contribution in [1.29, 1.82) is 0 Å². The number of halogens is 1. The summed E-state index contributed by atoms with van der Waals surface area (Å²) in [6, 6.07) is 3.09. The molecule has 1 rings (SSSR count). The Bertz CT molecular complexity index is 547. The molecule has 0 radical (unpaired) electrons. The number of nitrogens with zero attached hydrogens (tertiary/aromatic N) is 1. The van der Waals surface area contributed by atoms with E-state index < -0.39 is 28.5 Å².